The second kappa shape index (κ2) is 4.94. The molecule has 2 unspecified atom stereocenters. The Hall–Kier alpha value is -1.61. The molecule has 1 heterocycles. The molecule has 1 aromatic carbocycles. The zero-order valence-electron chi connectivity index (χ0n) is 10.4. The van der Waals surface area contributed by atoms with Crippen LogP contribution in [0.5, 0.6) is 5.75 Å². The summed E-state index contributed by atoms with van der Waals surface area (Å²) in [6.07, 6.45) is 6.36. The first-order valence-electron chi connectivity index (χ1n) is 6.59. The molecule has 0 saturated heterocycles. The van der Waals surface area contributed by atoms with E-state index in [9.17, 15) is 0 Å². The van der Waals surface area contributed by atoms with Crippen molar-refractivity contribution in [2.24, 2.45) is 5.73 Å². The van der Waals surface area contributed by atoms with Gasteiger partial charge in [0.25, 0.3) is 0 Å². The average Bonchev–Trinajstić information content (AvgIpc) is 2.39. The van der Waals surface area contributed by atoms with Gasteiger partial charge in [0.2, 0.25) is 0 Å². The number of benzene rings is 1. The van der Waals surface area contributed by atoms with Crippen LogP contribution in [0.15, 0.2) is 36.5 Å². The Morgan fingerprint density at radius 3 is 2.94 bits per heavy atom. The largest absolute Gasteiger partial charge is 0.488 e. The molecule has 0 spiro atoms. The van der Waals surface area contributed by atoms with Gasteiger partial charge in [0.1, 0.15) is 17.4 Å². The van der Waals surface area contributed by atoms with Crippen molar-refractivity contribution in [2.45, 2.75) is 37.8 Å². The Bertz CT molecular complexity index is 536. The maximum atomic E-state index is 6.10. The highest BCUT2D eigenvalue weighted by atomic mass is 16.5. The van der Waals surface area contributed by atoms with Crippen molar-refractivity contribution >= 4 is 10.9 Å². The van der Waals surface area contributed by atoms with Crippen LogP contribution in [0.1, 0.15) is 25.7 Å². The van der Waals surface area contributed by atoms with E-state index in [0.717, 1.165) is 42.3 Å². The lowest BCUT2D eigenvalue weighted by atomic mass is 9.93. The molecule has 3 nitrogen and oxygen atoms in total. The van der Waals surface area contributed by atoms with Crippen molar-refractivity contribution in [1.82, 2.24) is 4.98 Å². The molecular weight excluding hydrogens is 224 g/mol. The molecule has 1 saturated carbocycles. The molecule has 2 atom stereocenters. The summed E-state index contributed by atoms with van der Waals surface area (Å²) in [4.78, 5) is 4.41. The van der Waals surface area contributed by atoms with Crippen LogP contribution in [-0.4, -0.2) is 17.1 Å². The van der Waals surface area contributed by atoms with E-state index < -0.39 is 0 Å². The normalized spacial score (nSPS) is 24.1. The number of hydrogen-bond acceptors (Lipinski definition) is 3. The standard InChI is InChI=1S/C15H18N2O/c16-12-6-2-7-13(10-12)18-14-8-1-4-11-5-3-9-17-15(11)14/h1,3-5,8-9,12-13H,2,6-7,10,16H2. The number of nitrogens with two attached hydrogens (primary N) is 1. The first kappa shape index (κ1) is 11.5. The summed E-state index contributed by atoms with van der Waals surface area (Å²) in [7, 11) is 0. The Labute approximate surface area is 107 Å². The number of nitrogens with zero attached hydrogens (tertiary/aromatic N) is 1. The molecule has 0 bridgehead atoms. The zero-order valence-corrected chi connectivity index (χ0v) is 10.4. The van der Waals surface area contributed by atoms with Gasteiger partial charge in [-0.2, -0.15) is 0 Å². The monoisotopic (exact) mass is 242 g/mol. The van der Waals surface area contributed by atoms with E-state index in [1.165, 1.54) is 0 Å². The van der Waals surface area contributed by atoms with Crippen LogP contribution >= 0.6 is 0 Å². The van der Waals surface area contributed by atoms with Gasteiger partial charge in [0.05, 0.1) is 0 Å². The molecule has 2 N–H and O–H groups in total. The van der Waals surface area contributed by atoms with Crippen LogP contribution in [0.4, 0.5) is 0 Å². The number of pyridine rings is 1. The van der Waals surface area contributed by atoms with Gasteiger partial charge in [-0.3, -0.25) is 4.98 Å². The van der Waals surface area contributed by atoms with Crippen LogP contribution in [0.3, 0.4) is 0 Å². The highest BCUT2D eigenvalue weighted by Crippen LogP contribution is 2.27. The molecule has 1 fully saturated rings. The highest BCUT2D eigenvalue weighted by Gasteiger charge is 2.21. The van der Waals surface area contributed by atoms with Crippen molar-refractivity contribution < 1.29 is 4.74 Å². The van der Waals surface area contributed by atoms with Crippen molar-refractivity contribution in [1.29, 1.82) is 0 Å². The lowest BCUT2D eigenvalue weighted by Crippen LogP contribution is -2.33. The van der Waals surface area contributed by atoms with E-state index in [0.29, 0.717) is 0 Å². The predicted octanol–water partition coefficient (Wildman–Crippen LogP) is 2.88. The van der Waals surface area contributed by atoms with Crippen LogP contribution in [0.2, 0.25) is 0 Å². The molecule has 0 amide bonds. The zero-order chi connectivity index (χ0) is 12.4. The van der Waals surface area contributed by atoms with E-state index in [1.807, 2.05) is 24.4 Å². The van der Waals surface area contributed by atoms with Crippen LogP contribution in [0, 0.1) is 0 Å². The maximum Gasteiger partial charge on any atom is 0.145 e. The summed E-state index contributed by atoms with van der Waals surface area (Å²) >= 11 is 0. The summed E-state index contributed by atoms with van der Waals surface area (Å²) < 4.78 is 6.10. The van der Waals surface area contributed by atoms with Crippen LogP contribution in [0.25, 0.3) is 10.9 Å². The van der Waals surface area contributed by atoms with Gasteiger partial charge >= 0.3 is 0 Å². The van der Waals surface area contributed by atoms with E-state index in [-0.39, 0.29) is 12.1 Å². The molecule has 1 aromatic heterocycles. The smallest absolute Gasteiger partial charge is 0.145 e. The molecule has 3 heteroatoms. The van der Waals surface area contributed by atoms with Crippen LogP contribution < -0.4 is 10.5 Å². The number of aromatic nitrogens is 1. The lowest BCUT2D eigenvalue weighted by molar-refractivity contribution is 0.146. The molecule has 1 aliphatic carbocycles. The summed E-state index contributed by atoms with van der Waals surface area (Å²) in [5.41, 5.74) is 6.94. The topological polar surface area (TPSA) is 48.1 Å². The second-order valence-corrected chi connectivity index (χ2v) is 5.00. The van der Waals surface area contributed by atoms with Gasteiger partial charge in [0.15, 0.2) is 0 Å². The van der Waals surface area contributed by atoms with Crippen molar-refractivity contribution in [3.63, 3.8) is 0 Å². The van der Waals surface area contributed by atoms with Gasteiger partial charge in [-0.05, 0) is 37.8 Å². The summed E-state index contributed by atoms with van der Waals surface area (Å²) in [6, 6.07) is 10.4. The Morgan fingerprint density at radius 2 is 2.06 bits per heavy atom. The number of rotatable bonds is 2. The molecule has 0 radical (unpaired) electrons. The average molecular weight is 242 g/mol. The fourth-order valence-corrected chi connectivity index (χ4v) is 2.64. The number of para-hydroxylation sites is 1. The lowest BCUT2D eigenvalue weighted by Gasteiger charge is -2.27. The van der Waals surface area contributed by atoms with Crippen molar-refractivity contribution in [2.75, 3.05) is 0 Å². The third-order valence-corrected chi connectivity index (χ3v) is 3.56. The Morgan fingerprint density at radius 1 is 1.17 bits per heavy atom. The predicted molar refractivity (Wildman–Crippen MR) is 72.6 cm³/mol. The molecule has 3 rings (SSSR count). The fraction of sp³-hybridized carbons (Fsp3) is 0.400. The minimum Gasteiger partial charge on any atom is -0.488 e. The SMILES string of the molecule is NC1CCCC(Oc2cccc3cccnc23)C1. The molecule has 18 heavy (non-hydrogen) atoms. The van der Waals surface area contributed by atoms with Gasteiger partial charge < -0.3 is 10.5 Å². The first-order chi connectivity index (χ1) is 8.83. The van der Waals surface area contributed by atoms with Crippen molar-refractivity contribution in [3.05, 3.63) is 36.5 Å². The molecule has 2 aromatic rings. The van der Waals surface area contributed by atoms with E-state index in [4.69, 9.17) is 10.5 Å². The number of hydrogen-bond donors (Lipinski definition) is 1. The third-order valence-electron chi connectivity index (χ3n) is 3.56. The van der Waals surface area contributed by atoms with Gasteiger partial charge in [-0.15, -0.1) is 0 Å². The maximum absolute atomic E-state index is 6.10. The Kier molecular flexibility index (Phi) is 3.15. The first-order valence-corrected chi connectivity index (χ1v) is 6.59. The molecule has 1 aliphatic rings. The van der Waals surface area contributed by atoms with Gasteiger partial charge in [-0.1, -0.05) is 18.2 Å². The summed E-state index contributed by atoms with van der Waals surface area (Å²) in [5, 5.41) is 1.12. The third kappa shape index (κ3) is 2.31. The fourth-order valence-electron chi connectivity index (χ4n) is 2.64. The molecular formula is C15H18N2O. The van der Waals surface area contributed by atoms with Gasteiger partial charge in [-0.25, -0.2) is 0 Å². The second-order valence-electron chi connectivity index (χ2n) is 5.00. The minimum atomic E-state index is 0.237. The quantitative estimate of drug-likeness (QED) is 0.880. The Balaban J connectivity index is 1.86. The number of fused-ring (bicyclic) bond motifs is 1. The van der Waals surface area contributed by atoms with E-state index >= 15 is 0 Å². The molecule has 94 valence electrons. The van der Waals surface area contributed by atoms with Crippen molar-refractivity contribution in [3.8, 4) is 5.75 Å². The minimum absolute atomic E-state index is 0.237. The molecule has 0 aliphatic heterocycles. The van der Waals surface area contributed by atoms with E-state index in [1.54, 1.807) is 0 Å². The summed E-state index contributed by atoms with van der Waals surface area (Å²) in [5.74, 6) is 0.882. The number of ether oxygens (including phenoxy) is 1. The van der Waals surface area contributed by atoms with Gasteiger partial charge in [0, 0.05) is 17.6 Å². The van der Waals surface area contributed by atoms with Crippen LogP contribution in [-0.2, 0) is 0 Å². The van der Waals surface area contributed by atoms with E-state index in [2.05, 4.69) is 17.1 Å². The summed E-state index contributed by atoms with van der Waals surface area (Å²) in [6.45, 7) is 0. The highest BCUT2D eigenvalue weighted by molar-refractivity contribution is 5.84.